The molecule has 1 N–H and O–H groups in total. The Morgan fingerprint density at radius 2 is 2.17 bits per heavy atom. The van der Waals surface area contributed by atoms with E-state index in [2.05, 4.69) is 34.3 Å². The number of hydrogen-bond acceptors (Lipinski definition) is 4. The van der Waals surface area contributed by atoms with Crippen molar-refractivity contribution in [2.24, 2.45) is 0 Å². The summed E-state index contributed by atoms with van der Waals surface area (Å²) in [6.45, 7) is 2.89. The number of rotatable bonds is 5. The van der Waals surface area contributed by atoms with Gasteiger partial charge in [-0.05, 0) is 31.9 Å². The molecule has 92 valence electrons. The van der Waals surface area contributed by atoms with Gasteiger partial charge in [0.2, 0.25) is 0 Å². The SMILES string of the molecule is Cc1ccc2ncnc(NCCCCC#N)c2c1. The van der Waals surface area contributed by atoms with Gasteiger partial charge in [0.15, 0.2) is 0 Å². The van der Waals surface area contributed by atoms with Crippen LogP contribution < -0.4 is 5.32 Å². The Kier molecular flexibility index (Phi) is 4.08. The number of benzene rings is 1. The first kappa shape index (κ1) is 12.3. The fourth-order valence-electron chi connectivity index (χ4n) is 1.85. The summed E-state index contributed by atoms with van der Waals surface area (Å²) in [4.78, 5) is 8.53. The topological polar surface area (TPSA) is 61.6 Å². The van der Waals surface area contributed by atoms with Gasteiger partial charge in [0, 0.05) is 18.4 Å². The Hall–Kier alpha value is -2.15. The Labute approximate surface area is 107 Å². The van der Waals surface area contributed by atoms with Gasteiger partial charge in [-0.1, -0.05) is 11.6 Å². The first-order chi connectivity index (χ1) is 8.81. The third-order valence-electron chi connectivity index (χ3n) is 2.80. The van der Waals surface area contributed by atoms with E-state index in [-0.39, 0.29) is 0 Å². The molecule has 0 aliphatic carbocycles. The maximum atomic E-state index is 8.46. The number of hydrogen-bond donors (Lipinski definition) is 1. The van der Waals surface area contributed by atoms with E-state index in [0.29, 0.717) is 6.42 Å². The van der Waals surface area contributed by atoms with E-state index in [4.69, 9.17) is 5.26 Å². The van der Waals surface area contributed by atoms with Crippen LogP contribution in [-0.2, 0) is 0 Å². The average molecular weight is 240 g/mol. The van der Waals surface area contributed by atoms with Gasteiger partial charge in [0.25, 0.3) is 0 Å². The lowest BCUT2D eigenvalue weighted by atomic mass is 10.1. The molecule has 2 rings (SSSR count). The fourth-order valence-corrected chi connectivity index (χ4v) is 1.85. The first-order valence-electron chi connectivity index (χ1n) is 6.13. The number of nitrogens with zero attached hydrogens (tertiary/aromatic N) is 3. The molecule has 1 aromatic carbocycles. The van der Waals surface area contributed by atoms with Gasteiger partial charge in [-0.25, -0.2) is 9.97 Å². The Bertz CT molecular complexity index is 572. The van der Waals surface area contributed by atoms with Gasteiger partial charge in [0.1, 0.15) is 12.1 Å². The van der Waals surface area contributed by atoms with Gasteiger partial charge < -0.3 is 5.32 Å². The van der Waals surface area contributed by atoms with Crippen LogP contribution in [0.1, 0.15) is 24.8 Å². The van der Waals surface area contributed by atoms with Crippen LogP contribution in [0.25, 0.3) is 10.9 Å². The summed E-state index contributed by atoms with van der Waals surface area (Å²) >= 11 is 0. The molecule has 1 aromatic heterocycles. The molecule has 18 heavy (non-hydrogen) atoms. The number of aryl methyl sites for hydroxylation is 1. The highest BCUT2D eigenvalue weighted by atomic mass is 15.0. The second-order valence-electron chi connectivity index (χ2n) is 4.28. The summed E-state index contributed by atoms with van der Waals surface area (Å²) in [5.74, 6) is 0.876. The van der Waals surface area contributed by atoms with Crippen molar-refractivity contribution in [3.8, 4) is 6.07 Å². The quantitative estimate of drug-likeness (QED) is 0.816. The number of unbranched alkanes of at least 4 members (excludes halogenated alkanes) is 2. The van der Waals surface area contributed by atoms with Crippen LogP contribution in [-0.4, -0.2) is 16.5 Å². The molecule has 2 aromatic rings. The van der Waals surface area contributed by atoms with Crippen LogP contribution in [0.15, 0.2) is 24.5 Å². The summed E-state index contributed by atoms with van der Waals surface area (Å²) in [6, 6.07) is 8.30. The van der Waals surface area contributed by atoms with Gasteiger partial charge in [-0.2, -0.15) is 5.26 Å². The maximum Gasteiger partial charge on any atom is 0.137 e. The van der Waals surface area contributed by atoms with E-state index >= 15 is 0 Å². The number of anilines is 1. The fraction of sp³-hybridized carbons (Fsp3) is 0.357. The predicted octanol–water partition coefficient (Wildman–Crippen LogP) is 3.04. The largest absolute Gasteiger partial charge is 0.369 e. The molecule has 0 saturated carbocycles. The summed E-state index contributed by atoms with van der Waals surface area (Å²) < 4.78 is 0. The minimum atomic E-state index is 0.616. The highest BCUT2D eigenvalue weighted by molar-refractivity contribution is 5.89. The molecule has 0 bridgehead atoms. The second kappa shape index (κ2) is 5.97. The van der Waals surface area contributed by atoms with Crippen LogP contribution in [0.4, 0.5) is 5.82 Å². The highest BCUT2D eigenvalue weighted by Gasteiger charge is 2.02. The number of nitrogens with one attached hydrogen (secondary N) is 1. The molecule has 1 heterocycles. The van der Waals surface area contributed by atoms with E-state index in [9.17, 15) is 0 Å². The molecule has 0 amide bonds. The number of nitriles is 1. The van der Waals surface area contributed by atoms with Crippen LogP contribution in [0, 0.1) is 18.3 Å². The zero-order valence-electron chi connectivity index (χ0n) is 10.5. The van der Waals surface area contributed by atoms with Crippen molar-refractivity contribution in [2.45, 2.75) is 26.2 Å². The minimum absolute atomic E-state index is 0.616. The molecular weight excluding hydrogens is 224 g/mol. The Morgan fingerprint density at radius 1 is 1.28 bits per heavy atom. The summed E-state index contributed by atoms with van der Waals surface area (Å²) in [5, 5.41) is 12.8. The zero-order chi connectivity index (χ0) is 12.8. The zero-order valence-corrected chi connectivity index (χ0v) is 10.5. The molecule has 0 atom stereocenters. The van der Waals surface area contributed by atoms with Crippen molar-refractivity contribution in [2.75, 3.05) is 11.9 Å². The lowest BCUT2D eigenvalue weighted by molar-refractivity contribution is 0.783. The molecule has 4 nitrogen and oxygen atoms in total. The molecule has 0 fully saturated rings. The van der Waals surface area contributed by atoms with Gasteiger partial charge in [-0.3, -0.25) is 0 Å². The van der Waals surface area contributed by atoms with Gasteiger partial charge in [-0.15, -0.1) is 0 Å². The third kappa shape index (κ3) is 2.95. The number of aromatic nitrogens is 2. The molecule has 4 heteroatoms. The standard InChI is InChI=1S/C14H16N4/c1-11-5-6-13-12(9-11)14(18-10-17-13)16-8-4-2-3-7-15/h5-6,9-10H,2-4,8H2,1H3,(H,16,17,18). The van der Waals surface area contributed by atoms with Gasteiger partial charge in [0.05, 0.1) is 11.6 Å². The lowest BCUT2D eigenvalue weighted by Crippen LogP contribution is -2.04. The van der Waals surface area contributed by atoms with Crippen molar-refractivity contribution in [1.29, 1.82) is 5.26 Å². The molecule has 0 aliphatic heterocycles. The summed E-state index contributed by atoms with van der Waals surface area (Å²) in [5.41, 5.74) is 2.15. The third-order valence-corrected chi connectivity index (χ3v) is 2.80. The van der Waals surface area contributed by atoms with Crippen molar-refractivity contribution >= 4 is 16.7 Å². The normalized spacial score (nSPS) is 10.2. The Morgan fingerprint density at radius 3 is 3.00 bits per heavy atom. The molecule has 0 radical (unpaired) electrons. The van der Waals surface area contributed by atoms with Crippen LogP contribution in [0.3, 0.4) is 0 Å². The lowest BCUT2D eigenvalue weighted by Gasteiger charge is -2.08. The van der Waals surface area contributed by atoms with E-state index < -0.39 is 0 Å². The van der Waals surface area contributed by atoms with Gasteiger partial charge >= 0.3 is 0 Å². The maximum absolute atomic E-state index is 8.46. The number of fused-ring (bicyclic) bond motifs is 1. The summed E-state index contributed by atoms with van der Waals surface area (Å²) in [7, 11) is 0. The van der Waals surface area contributed by atoms with E-state index in [1.807, 2.05) is 12.1 Å². The van der Waals surface area contributed by atoms with E-state index in [0.717, 1.165) is 36.1 Å². The molecule has 0 spiro atoms. The predicted molar refractivity (Wildman–Crippen MR) is 72.2 cm³/mol. The van der Waals surface area contributed by atoms with Crippen molar-refractivity contribution in [1.82, 2.24) is 9.97 Å². The van der Waals surface area contributed by atoms with E-state index in [1.165, 1.54) is 5.56 Å². The highest BCUT2D eigenvalue weighted by Crippen LogP contribution is 2.20. The molecular formula is C14H16N4. The monoisotopic (exact) mass is 240 g/mol. The van der Waals surface area contributed by atoms with Crippen molar-refractivity contribution in [3.63, 3.8) is 0 Å². The Balaban J connectivity index is 2.08. The minimum Gasteiger partial charge on any atom is -0.369 e. The van der Waals surface area contributed by atoms with Crippen LogP contribution >= 0.6 is 0 Å². The average Bonchev–Trinajstić information content (AvgIpc) is 2.39. The van der Waals surface area contributed by atoms with E-state index in [1.54, 1.807) is 6.33 Å². The molecule has 0 unspecified atom stereocenters. The first-order valence-corrected chi connectivity index (χ1v) is 6.13. The smallest absolute Gasteiger partial charge is 0.137 e. The van der Waals surface area contributed by atoms with Crippen LogP contribution in [0.5, 0.6) is 0 Å². The van der Waals surface area contributed by atoms with Crippen LogP contribution in [0.2, 0.25) is 0 Å². The summed E-state index contributed by atoms with van der Waals surface area (Å²) in [6.07, 6.45) is 4.09. The molecule has 0 aliphatic rings. The molecule has 0 saturated heterocycles. The van der Waals surface area contributed by atoms with Crippen molar-refractivity contribution in [3.05, 3.63) is 30.1 Å². The second-order valence-corrected chi connectivity index (χ2v) is 4.28. The van der Waals surface area contributed by atoms with Crippen molar-refractivity contribution < 1.29 is 0 Å².